The molecule has 11 heavy (non-hydrogen) atoms. The number of unbranched alkanes of at least 4 members (excludes halogenated alkanes) is 1. The summed E-state index contributed by atoms with van der Waals surface area (Å²) in [6.07, 6.45) is 8.58. The maximum absolute atomic E-state index is 11.0. The number of carbonyl (C=O) groups excluding carboxylic acids is 1. The van der Waals surface area contributed by atoms with Crippen LogP contribution in [-0.4, -0.2) is 12.3 Å². The van der Waals surface area contributed by atoms with Gasteiger partial charge in [0.05, 0.1) is 0 Å². The van der Waals surface area contributed by atoms with E-state index in [1.807, 2.05) is 0 Å². The van der Waals surface area contributed by atoms with Gasteiger partial charge in [0.25, 0.3) is 0 Å². The highest BCUT2D eigenvalue weighted by Crippen LogP contribution is 1.99. The van der Waals surface area contributed by atoms with Gasteiger partial charge in [-0.25, -0.2) is 0 Å². The van der Waals surface area contributed by atoms with Crippen molar-refractivity contribution in [2.75, 3.05) is 6.54 Å². The van der Waals surface area contributed by atoms with Crippen LogP contribution in [0.5, 0.6) is 0 Å². The number of hydrogen-bond donors (Lipinski definition) is 1. The van der Waals surface area contributed by atoms with Crippen molar-refractivity contribution < 1.29 is 4.79 Å². The van der Waals surface area contributed by atoms with Gasteiger partial charge in [-0.1, -0.05) is 0 Å². The molecule has 0 rings (SSSR count). The summed E-state index contributed by atoms with van der Waals surface area (Å²) in [5.74, 6) is 2.79. The molecule has 0 fully saturated rings. The van der Waals surface area contributed by atoms with Crippen LogP contribution in [-0.2, 0) is 4.79 Å². The van der Waals surface area contributed by atoms with Crippen LogP contribution in [0.1, 0.15) is 32.1 Å². The van der Waals surface area contributed by atoms with E-state index in [1.54, 1.807) is 0 Å². The minimum atomic E-state index is 0.283. The zero-order valence-corrected chi connectivity index (χ0v) is 6.81. The first kappa shape index (κ1) is 10.2. The smallest absolute Gasteiger partial charge is 0.132 e. The van der Waals surface area contributed by atoms with Crippen LogP contribution in [0.25, 0.3) is 0 Å². The average molecular weight is 153 g/mol. The minimum Gasteiger partial charge on any atom is -0.330 e. The first-order chi connectivity index (χ1) is 5.31. The third kappa shape index (κ3) is 7.08. The highest BCUT2D eigenvalue weighted by atomic mass is 16.1. The van der Waals surface area contributed by atoms with Crippen LogP contribution < -0.4 is 5.73 Å². The van der Waals surface area contributed by atoms with Crippen molar-refractivity contribution in [3.05, 3.63) is 0 Å². The topological polar surface area (TPSA) is 43.1 Å². The molecular weight excluding hydrogens is 138 g/mol. The van der Waals surface area contributed by atoms with Gasteiger partial charge < -0.3 is 5.73 Å². The molecule has 62 valence electrons. The summed E-state index contributed by atoms with van der Waals surface area (Å²) >= 11 is 0. The van der Waals surface area contributed by atoms with Crippen molar-refractivity contribution in [1.82, 2.24) is 0 Å². The molecule has 2 nitrogen and oxygen atoms in total. The van der Waals surface area contributed by atoms with E-state index in [0.29, 0.717) is 25.8 Å². The summed E-state index contributed by atoms with van der Waals surface area (Å²) < 4.78 is 0. The molecule has 0 saturated carbocycles. The van der Waals surface area contributed by atoms with Gasteiger partial charge >= 0.3 is 0 Å². The lowest BCUT2D eigenvalue weighted by molar-refractivity contribution is -0.119. The maximum Gasteiger partial charge on any atom is 0.132 e. The van der Waals surface area contributed by atoms with Crippen LogP contribution in [0.2, 0.25) is 0 Å². The second kappa shape index (κ2) is 7.30. The Bertz CT molecular complexity index is 146. The number of carbonyl (C=O) groups is 1. The summed E-state index contributed by atoms with van der Waals surface area (Å²) in [6, 6.07) is 0. The molecule has 0 unspecified atom stereocenters. The molecule has 0 spiro atoms. The Labute approximate surface area is 68.2 Å². The van der Waals surface area contributed by atoms with E-state index in [0.717, 1.165) is 12.8 Å². The summed E-state index contributed by atoms with van der Waals surface area (Å²) in [4.78, 5) is 11.0. The fraction of sp³-hybridized carbons (Fsp3) is 0.667. The van der Waals surface area contributed by atoms with Crippen LogP contribution in [0, 0.1) is 12.3 Å². The van der Waals surface area contributed by atoms with Gasteiger partial charge in [0.15, 0.2) is 0 Å². The highest BCUT2D eigenvalue weighted by molar-refractivity contribution is 5.78. The normalized spacial score (nSPS) is 9.09. The summed E-state index contributed by atoms with van der Waals surface area (Å²) in [5, 5.41) is 0. The van der Waals surface area contributed by atoms with Gasteiger partial charge in [-0.2, -0.15) is 0 Å². The fourth-order valence-electron chi connectivity index (χ4n) is 0.812. The molecule has 0 aliphatic heterocycles. The molecule has 0 aromatic carbocycles. The lowest BCUT2D eigenvalue weighted by Crippen LogP contribution is -2.04. The second-order valence-corrected chi connectivity index (χ2v) is 2.49. The molecule has 0 aliphatic rings. The maximum atomic E-state index is 11.0. The van der Waals surface area contributed by atoms with Crippen molar-refractivity contribution >= 4 is 5.78 Å². The van der Waals surface area contributed by atoms with Crippen molar-refractivity contribution in [2.45, 2.75) is 32.1 Å². The Morgan fingerprint density at radius 2 is 2.00 bits per heavy atom. The second-order valence-electron chi connectivity index (χ2n) is 2.49. The van der Waals surface area contributed by atoms with Crippen molar-refractivity contribution in [3.63, 3.8) is 0 Å². The largest absolute Gasteiger partial charge is 0.330 e. The zero-order chi connectivity index (χ0) is 8.53. The minimum absolute atomic E-state index is 0.283. The van der Waals surface area contributed by atoms with Gasteiger partial charge in [0.2, 0.25) is 0 Å². The standard InChI is InChI=1S/C9H15NO/c1-2-3-4-6-9(11)7-5-8-10/h1H,3-8,10H2. The van der Waals surface area contributed by atoms with Crippen LogP contribution in [0.15, 0.2) is 0 Å². The van der Waals surface area contributed by atoms with E-state index < -0.39 is 0 Å². The van der Waals surface area contributed by atoms with E-state index in [9.17, 15) is 4.79 Å². The van der Waals surface area contributed by atoms with Gasteiger partial charge in [0.1, 0.15) is 5.78 Å². The molecule has 2 heteroatoms. The zero-order valence-electron chi connectivity index (χ0n) is 6.81. The molecule has 0 atom stereocenters. The van der Waals surface area contributed by atoms with Gasteiger partial charge in [0, 0.05) is 19.3 Å². The highest BCUT2D eigenvalue weighted by Gasteiger charge is 1.98. The van der Waals surface area contributed by atoms with Crippen molar-refractivity contribution in [1.29, 1.82) is 0 Å². The van der Waals surface area contributed by atoms with Gasteiger partial charge in [-0.05, 0) is 19.4 Å². The Kier molecular flexibility index (Phi) is 6.76. The van der Waals surface area contributed by atoms with E-state index in [-0.39, 0.29) is 5.78 Å². The number of hydrogen-bond acceptors (Lipinski definition) is 2. The Balaban J connectivity index is 3.17. The summed E-state index contributed by atoms with van der Waals surface area (Å²) in [6.45, 7) is 0.598. The van der Waals surface area contributed by atoms with Crippen molar-refractivity contribution in [2.24, 2.45) is 5.73 Å². The Hall–Kier alpha value is -0.810. The van der Waals surface area contributed by atoms with Gasteiger partial charge in [-0.15, -0.1) is 12.3 Å². The number of rotatable bonds is 6. The quantitative estimate of drug-likeness (QED) is 0.458. The molecule has 0 aromatic rings. The molecule has 0 heterocycles. The predicted molar refractivity (Wildman–Crippen MR) is 46.0 cm³/mol. The van der Waals surface area contributed by atoms with Gasteiger partial charge in [-0.3, -0.25) is 4.79 Å². The van der Waals surface area contributed by atoms with Crippen molar-refractivity contribution in [3.8, 4) is 12.3 Å². The number of Topliss-reactive ketones (excluding diaryl/α,β-unsaturated/α-hetero) is 1. The number of nitrogens with two attached hydrogens (primary N) is 1. The molecule has 0 aromatic heterocycles. The lowest BCUT2D eigenvalue weighted by Gasteiger charge is -1.96. The number of terminal acetylenes is 1. The summed E-state index contributed by atoms with van der Waals surface area (Å²) in [7, 11) is 0. The monoisotopic (exact) mass is 153 g/mol. The molecule has 0 bridgehead atoms. The molecule has 0 aliphatic carbocycles. The number of ketones is 1. The summed E-state index contributed by atoms with van der Waals surface area (Å²) in [5.41, 5.74) is 5.25. The molecule has 2 N–H and O–H groups in total. The average Bonchev–Trinajstić information content (AvgIpc) is 2.01. The van der Waals surface area contributed by atoms with E-state index in [1.165, 1.54) is 0 Å². The van der Waals surface area contributed by atoms with Crippen LogP contribution >= 0.6 is 0 Å². The van der Waals surface area contributed by atoms with E-state index in [4.69, 9.17) is 12.2 Å². The molecule has 0 amide bonds. The van der Waals surface area contributed by atoms with E-state index in [2.05, 4.69) is 5.92 Å². The predicted octanol–water partition coefficient (Wildman–Crippen LogP) is 1.10. The van der Waals surface area contributed by atoms with Crippen LogP contribution in [0.4, 0.5) is 0 Å². The fourth-order valence-corrected chi connectivity index (χ4v) is 0.812. The Morgan fingerprint density at radius 3 is 2.55 bits per heavy atom. The van der Waals surface area contributed by atoms with Crippen LogP contribution in [0.3, 0.4) is 0 Å². The first-order valence-electron chi connectivity index (χ1n) is 3.96. The molecule has 0 radical (unpaired) electrons. The SMILES string of the molecule is C#CCCCC(=O)CCCN. The third-order valence-corrected chi connectivity index (χ3v) is 1.44. The first-order valence-corrected chi connectivity index (χ1v) is 3.96. The Morgan fingerprint density at radius 1 is 1.36 bits per heavy atom. The molecular formula is C9H15NO. The lowest BCUT2D eigenvalue weighted by atomic mass is 10.1. The van der Waals surface area contributed by atoms with E-state index >= 15 is 0 Å². The third-order valence-electron chi connectivity index (χ3n) is 1.44. The molecule has 0 saturated heterocycles.